The molecule has 0 aliphatic carbocycles. The molecule has 1 heterocycles. The third-order valence-electron chi connectivity index (χ3n) is 5.26. The number of nitrogens with one attached hydrogen (secondary N) is 2. The maximum absolute atomic E-state index is 12.5. The molecule has 0 unspecified atom stereocenters. The second-order valence-corrected chi connectivity index (χ2v) is 10.2. The van der Waals surface area contributed by atoms with Crippen molar-refractivity contribution in [2.24, 2.45) is 5.92 Å². The molecule has 0 radical (unpaired) electrons. The molecule has 3 rings (SSSR count). The van der Waals surface area contributed by atoms with Crippen molar-refractivity contribution >= 4 is 56.9 Å². The number of carbonyl (C=O) groups excluding carboxylic acids is 4. The van der Waals surface area contributed by atoms with Gasteiger partial charge in [0.15, 0.2) is 6.61 Å². The molecule has 2 aromatic carbocycles. The molecular formula is C24H25BrClN3O5. The number of hydrogen-bond donors (Lipinski definition) is 2. The molecule has 1 aliphatic heterocycles. The van der Waals surface area contributed by atoms with Crippen LogP contribution in [0.2, 0.25) is 5.02 Å². The largest absolute Gasteiger partial charge is 0.455 e. The number of benzene rings is 2. The van der Waals surface area contributed by atoms with Gasteiger partial charge in [-0.15, -0.1) is 0 Å². The maximum Gasteiger partial charge on any atom is 0.311 e. The van der Waals surface area contributed by atoms with Crippen LogP contribution in [0.5, 0.6) is 0 Å². The Balaban J connectivity index is 1.49. The van der Waals surface area contributed by atoms with Gasteiger partial charge < -0.3 is 10.1 Å². The molecule has 1 fully saturated rings. The number of nitrogens with zero attached hydrogens (tertiary/aromatic N) is 1. The van der Waals surface area contributed by atoms with Gasteiger partial charge in [0.05, 0.1) is 17.5 Å². The molecule has 1 saturated heterocycles. The first-order valence-electron chi connectivity index (χ1n) is 10.6. The lowest BCUT2D eigenvalue weighted by Gasteiger charge is -2.20. The van der Waals surface area contributed by atoms with Gasteiger partial charge in [-0.1, -0.05) is 44.5 Å². The van der Waals surface area contributed by atoms with E-state index in [-0.39, 0.29) is 18.4 Å². The SMILES string of the molecule is CC(C)(C)c1ccc(C(=O)NN2C[C@@H](C(=O)OCC(=O)Nc3ccc(Br)c(Cl)c3)CC2=O)cc1. The van der Waals surface area contributed by atoms with Gasteiger partial charge in [-0.3, -0.25) is 29.6 Å². The van der Waals surface area contributed by atoms with E-state index in [2.05, 4.69) is 47.4 Å². The normalized spacial score (nSPS) is 15.7. The Kier molecular flexibility index (Phi) is 7.99. The predicted octanol–water partition coefficient (Wildman–Crippen LogP) is 4.08. The summed E-state index contributed by atoms with van der Waals surface area (Å²) in [5.41, 5.74) is 4.42. The number of esters is 1. The van der Waals surface area contributed by atoms with Crippen molar-refractivity contribution in [2.75, 3.05) is 18.5 Å². The van der Waals surface area contributed by atoms with E-state index >= 15 is 0 Å². The highest BCUT2D eigenvalue weighted by molar-refractivity contribution is 9.10. The molecule has 3 amide bonds. The summed E-state index contributed by atoms with van der Waals surface area (Å²) in [6, 6.07) is 12.0. The zero-order valence-corrected chi connectivity index (χ0v) is 21.3. The molecule has 0 saturated carbocycles. The standard InChI is InChI=1S/C24H25BrClN3O5/c1-24(2,3)16-6-4-14(5-7-16)22(32)28-29-12-15(10-21(29)31)23(33)34-13-20(30)27-17-8-9-18(25)19(26)11-17/h4-9,11,15H,10,12-13H2,1-3H3,(H,27,30)(H,28,32)/t15-/m0/s1. The number of amides is 3. The lowest BCUT2D eigenvalue weighted by atomic mass is 9.87. The Labute approximate surface area is 211 Å². The number of hydrogen-bond acceptors (Lipinski definition) is 5. The van der Waals surface area contributed by atoms with Crippen LogP contribution in [0.4, 0.5) is 5.69 Å². The predicted molar refractivity (Wildman–Crippen MR) is 131 cm³/mol. The van der Waals surface area contributed by atoms with Crippen LogP contribution < -0.4 is 10.7 Å². The summed E-state index contributed by atoms with van der Waals surface area (Å²) >= 11 is 9.25. The fourth-order valence-electron chi connectivity index (χ4n) is 3.31. The highest BCUT2D eigenvalue weighted by atomic mass is 79.9. The first-order valence-corrected chi connectivity index (χ1v) is 11.7. The molecule has 180 valence electrons. The molecule has 34 heavy (non-hydrogen) atoms. The van der Waals surface area contributed by atoms with Crippen LogP contribution in [0.15, 0.2) is 46.9 Å². The van der Waals surface area contributed by atoms with Crippen LogP contribution in [-0.2, 0) is 24.5 Å². The average Bonchev–Trinajstić information content (AvgIpc) is 3.14. The lowest BCUT2D eigenvalue weighted by Crippen LogP contribution is -2.43. The number of halogens is 2. The van der Waals surface area contributed by atoms with Crippen molar-refractivity contribution in [3.8, 4) is 0 Å². The van der Waals surface area contributed by atoms with E-state index < -0.39 is 36.2 Å². The molecular weight excluding hydrogens is 526 g/mol. The molecule has 1 atom stereocenters. The fraction of sp³-hybridized carbons (Fsp3) is 0.333. The quantitative estimate of drug-likeness (QED) is 0.528. The van der Waals surface area contributed by atoms with Gasteiger partial charge in [-0.2, -0.15) is 0 Å². The summed E-state index contributed by atoms with van der Waals surface area (Å²) in [6.07, 6.45) is -0.119. The molecule has 1 aliphatic rings. The summed E-state index contributed by atoms with van der Waals surface area (Å²) < 4.78 is 5.74. The smallest absolute Gasteiger partial charge is 0.311 e. The van der Waals surface area contributed by atoms with Gasteiger partial charge in [0.1, 0.15) is 0 Å². The summed E-state index contributed by atoms with van der Waals surface area (Å²) in [5.74, 6) is -2.87. The van der Waals surface area contributed by atoms with Crippen molar-refractivity contribution in [3.05, 3.63) is 63.1 Å². The van der Waals surface area contributed by atoms with E-state index in [9.17, 15) is 19.2 Å². The van der Waals surface area contributed by atoms with Gasteiger partial charge in [0.2, 0.25) is 5.91 Å². The highest BCUT2D eigenvalue weighted by Gasteiger charge is 2.36. The van der Waals surface area contributed by atoms with Gasteiger partial charge in [-0.25, -0.2) is 0 Å². The molecule has 10 heteroatoms. The zero-order chi connectivity index (χ0) is 25.0. The van der Waals surface area contributed by atoms with Crippen molar-refractivity contribution < 1.29 is 23.9 Å². The van der Waals surface area contributed by atoms with Crippen LogP contribution in [-0.4, -0.2) is 41.9 Å². The Morgan fingerprint density at radius 3 is 2.44 bits per heavy atom. The van der Waals surface area contributed by atoms with Crippen molar-refractivity contribution in [3.63, 3.8) is 0 Å². The zero-order valence-electron chi connectivity index (χ0n) is 19.0. The third kappa shape index (κ3) is 6.57. The summed E-state index contributed by atoms with van der Waals surface area (Å²) in [4.78, 5) is 49.2. The first kappa shape index (κ1) is 25.7. The van der Waals surface area contributed by atoms with E-state index in [4.69, 9.17) is 16.3 Å². The van der Waals surface area contributed by atoms with Gasteiger partial charge >= 0.3 is 5.97 Å². The van der Waals surface area contributed by atoms with Gasteiger partial charge in [0, 0.05) is 22.1 Å². The van der Waals surface area contributed by atoms with Crippen LogP contribution in [0.3, 0.4) is 0 Å². The highest BCUT2D eigenvalue weighted by Crippen LogP contribution is 2.26. The van der Waals surface area contributed by atoms with Gasteiger partial charge in [-0.05, 0) is 57.2 Å². The molecule has 0 spiro atoms. The van der Waals surface area contributed by atoms with Crippen LogP contribution in [0.1, 0.15) is 43.1 Å². The summed E-state index contributed by atoms with van der Waals surface area (Å²) in [6.45, 7) is 5.68. The third-order valence-corrected chi connectivity index (χ3v) is 6.49. The topological polar surface area (TPSA) is 105 Å². The second-order valence-electron chi connectivity index (χ2n) is 8.96. The minimum atomic E-state index is -0.786. The lowest BCUT2D eigenvalue weighted by molar-refractivity contribution is -0.151. The van der Waals surface area contributed by atoms with E-state index in [1.165, 1.54) is 0 Å². The maximum atomic E-state index is 12.5. The van der Waals surface area contributed by atoms with E-state index in [1.807, 2.05) is 12.1 Å². The monoisotopic (exact) mass is 549 g/mol. The Bertz CT molecular complexity index is 1110. The first-order chi connectivity index (χ1) is 15.9. The molecule has 8 nitrogen and oxygen atoms in total. The van der Waals surface area contributed by atoms with E-state index in [0.29, 0.717) is 20.7 Å². The Hall–Kier alpha value is -2.91. The molecule has 0 bridgehead atoms. The summed E-state index contributed by atoms with van der Waals surface area (Å²) in [5, 5.41) is 4.10. The van der Waals surface area contributed by atoms with Crippen molar-refractivity contribution in [1.82, 2.24) is 10.4 Å². The van der Waals surface area contributed by atoms with Crippen molar-refractivity contribution in [1.29, 1.82) is 0 Å². The fourth-order valence-corrected chi connectivity index (χ4v) is 3.73. The second kappa shape index (κ2) is 10.6. The minimum absolute atomic E-state index is 0.0343. The van der Waals surface area contributed by atoms with E-state index in [1.54, 1.807) is 30.3 Å². The van der Waals surface area contributed by atoms with E-state index in [0.717, 1.165) is 10.6 Å². The Morgan fingerprint density at radius 2 is 1.82 bits per heavy atom. The number of rotatable bonds is 6. The number of anilines is 1. The molecule has 0 aromatic heterocycles. The number of carbonyl (C=O) groups is 4. The van der Waals surface area contributed by atoms with Crippen LogP contribution in [0.25, 0.3) is 0 Å². The van der Waals surface area contributed by atoms with Gasteiger partial charge in [0.25, 0.3) is 11.8 Å². The van der Waals surface area contributed by atoms with Crippen LogP contribution in [0, 0.1) is 5.92 Å². The molecule has 2 N–H and O–H groups in total. The molecule has 2 aromatic rings. The van der Waals surface area contributed by atoms with Crippen molar-refractivity contribution in [2.45, 2.75) is 32.6 Å². The number of hydrazine groups is 1. The number of ether oxygens (including phenoxy) is 1. The average molecular weight is 551 g/mol. The summed E-state index contributed by atoms with van der Waals surface area (Å²) in [7, 11) is 0. The van der Waals surface area contributed by atoms with Crippen LogP contribution >= 0.6 is 27.5 Å². The minimum Gasteiger partial charge on any atom is -0.455 e. The Morgan fingerprint density at radius 1 is 1.15 bits per heavy atom.